The first-order valence-corrected chi connectivity index (χ1v) is 8.63. The van der Waals surface area contributed by atoms with Crippen molar-refractivity contribution in [3.63, 3.8) is 0 Å². The first-order valence-electron chi connectivity index (χ1n) is 7.02. The molecule has 7 heteroatoms. The number of nitrogens with zero attached hydrogens (tertiary/aromatic N) is 2. The van der Waals surface area contributed by atoms with Gasteiger partial charge in [0, 0.05) is 26.2 Å². The summed E-state index contributed by atoms with van der Waals surface area (Å²) >= 11 is 0. The zero-order valence-corrected chi connectivity index (χ0v) is 12.9. The predicted molar refractivity (Wildman–Crippen MR) is 79.7 cm³/mol. The third-order valence-electron chi connectivity index (χ3n) is 3.42. The summed E-state index contributed by atoms with van der Waals surface area (Å²) in [5.41, 5.74) is 0. The zero-order chi connectivity index (χ0) is 15.3. The van der Waals surface area contributed by atoms with E-state index in [-0.39, 0.29) is 5.75 Å². The largest absolute Gasteiger partial charge is 0.415 e. The van der Waals surface area contributed by atoms with Gasteiger partial charge in [0.2, 0.25) is 10.0 Å². The summed E-state index contributed by atoms with van der Waals surface area (Å²) in [7, 11) is -3.20. The van der Waals surface area contributed by atoms with Crippen LogP contribution in [0.1, 0.15) is 13.3 Å². The molecule has 2 rings (SSSR count). The number of hydrogen-bond donors (Lipinski definition) is 0. The first-order chi connectivity index (χ1) is 10.0. The Morgan fingerprint density at radius 2 is 1.86 bits per heavy atom. The molecule has 6 nitrogen and oxygen atoms in total. The quantitative estimate of drug-likeness (QED) is 0.849. The van der Waals surface area contributed by atoms with Crippen molar-refractivity contribution in [2.75, 3.05) is 31.9 Å². The lowest BCUT2D eigenvalue weighted by Crippen LogP contribution is -2.39. The molecule has 116 valence electrons. The van der Waals surface area contributed by atoms with Crippen molar-refractivity contribution >= 4 is 16.1 Å². The number of para-hydroxylation sites is 1. The fourth-order valence-corrected chi connectivity index (χ4v) is 3.32. The zero-order valence-electron chi connectivity index (χ0n) is 12.1. The topological polar surface area (TPSA) is 66.9 Å². The molecule has 1 fully saturated rings. The molecule has 1 aromatic rings. The van der Waals surface area contributed by atoms with E-state index in [1.165, 1.54) is 4.31 Å². The Morgan fingerprint density at radius 3 is 2.52 bits per heavy atom. The molecule has 0 atom stereocenters. The van der Waals surface area contributed by atoms with Gasteiger partial charge in [-0.05, 0) is 25.5 Å². The lowest BCUT2D eigenvalue weighted by atomic mass is 10.3. The first kappa shape index (κ1) is 15.8. The van der Waals surface area contributed by atoms with E-state index in [2.05, 4.69) is 0 Å². The van der Waals surface area contributed by atoms with Gasteiger partial charge in [-0.15, -0.1) is 0 Å². The van der Waals surface area contributed by atoms with Crippen molar-refractivity contribution in [1.82, 2.24) is 9.21 Å². The number of amides is 1. The normalized spacial score (nSPS) is 17.3. The summed E-state index contributed by atoms with van der Waals surface area (Å²) < 4.78 is 30.5. The predicted octanol–water partition coefficient (Wildman–Crippen LogP) is 1.54. The SMILES string of the molecule is CCS(=O)(=O)N1CCCN(C(=O)Oc2ccccc2)CC1. The number of ether oxygens (including phenoxy) is 1. The standard InChI is InChI=1S/C14H20N2O4S/c1-2-21(18,19)16-10-6-9-15(11-12-16)14(17)20-13-7-4-3-5-8-13/h3-5,7-8H,2,6,9-12H2,1H3. The molecule has 1 aromatic carbocycles. The fourth-order valence-electron chi connectivity index (χ4n) is 2.19. The summed E-state index contributed by atoms with van der Waals surface area (Å²) in [4.78, 5) is 13.6. The van der Waals surface area contributed by atoms with Gasteiger partial charge in [0.25, 0.3) is 0 Å². The minimum Gasteiger partial charge on any atom is -0.410 e. The average molecular weight is 312 g/mol. The lowest BCUT2D eigenvalue weighted by molar-refractivity contribution is 0.154. The minimum absolute atomic E-state index is 0.0848. The fraction of sp³-hybridized carbons (Fsp3) is 0.500. The van der Waals surface area contributed by atoms with Crippen molar-refractivity contribution in [3.05, 3.63) is 30.3 Å². The molecular weight excluding hydrogens is 292 g/mol. The summed E-state index contributed by atoms with van der Waals surface area (Å²) in [6.45, 7) is 3.25. The number of benzene rings is 1. The van der Waals surface area contributed by atoms with Gasteiger partial charge in [-0.3, -0.25) is 0 Å². The molecule has 0 aliphatic carbocycles. The second-order valence-electron chi connectivity index (χ2n) is 4.82. The minimum atomic E-state index is -3.20. The second kappa shape index (κ2) is 6.91. The highest BCUT2D eigenvalue weighted by atomic mass is 32.2. The van der Waals surface area contributed by atoms with E-state index in [9.17, 15) is 13.2 Å². The van der Waals surface area contributed by atoms with Crippen LogP contribution in [0.25, 0.3) is 0 Å². The van der Waals surface area contributed by atoms with Crippen LogP contribution >= 0.6 is 0 Å². The van der Waals surface area contributed by atoms with Crippen molar-refractivity contribution in [3.8, 4) is 5.75 Å². The molecular formula is C14H20N2O4S. The molecule has 21 heavy (non-hydrogen) atoms. The lowest BCUT2D eigenvalue weighted by Gasteiger charge is -2.21. The van der Waals surface area contributed by atoms with Crippen molar-refractivity contribution < 1.29 is 17.9 Å². The molecule has 0 unspecified atom stereocenters. The Kier molecular flexibility index (Phi) is 5.19. The number of sulfonamides is 1. The summed E-state index contributed by atoms with van der Waals surface area (Å²) in [5, 5.41) is 0. The maximum atomic E-state index is 12.1. The van der Waals surface area contributed by atoms with Crippen molar-refractivity contribution in [2.45, 2.75) is 13.3 Å². The van der Waals surface area contributed by atoms with Gasteiger partial charge < -0.3 is 9.64 Å². The number of rotatable bonds is 3. The Labute approximate surface area is 125 Å². The van der Waals surface area contributed by atoms with E-state index in [1.807, 2.05) is 6.07 Å². The highest BCUT2D eigenvalue weighted by Crippen LogP contribution is 2.13. The average Bonchev–Trinajstić information content (AvgIpc) is 2.75. The van der Waals surface area contributed by atoms with E-state index >= 15 is 0 Å². The van der Waals surface area contributed by atoms with E-state index in [1.54, 1.807) is 36.1 Å². The van der Waals surface area contributed by atoms with Crippen molar-refractivity contribution in [1.29, 1.82) is 0 Å². The molecule has 1 heterocycles. The molecule has 1 aliphatic rings. The molecule has 1 aliphatic heterocycles. The molecule has 1 saturated heterocycles. The van der Waals surface area contributed by atoms with Crippen LogP contribution in [0.4, 0.5) is 4.79 Å². The maximum Gasteiger partial charge on any atom is 0.415 e. The number of carbonyl (C=O) groups excluding carboxylic acids is 1. The second-order valence-corrected chi connectivity index (χ2v) is 7.08. The van der Waals surface area contributed by atoms with Crippen LogP contribution in [0.2, 0.25) is 0 Å². The summed E-state index contributed by atoms with van der Waals surface area (Å²) in [6.07, 6.45) is 0.181. The van der Waals surface area contributed by atoms with Crippen LogP contribution in [-0.2, 0) is 10.0 Å². The van der Waals surface area contributed by atoms with E-state index in [4.69, 9.17) is 4.74 Å². The van der Waals surface area contributed by atoms with Gasteiger partial charge in [-0.25, -0.2) is 17.5 Å². The van der Waals surface area contributed by atoms with Gasteiger partial charge in [-0.1, -0.05) is 18.2 Å². The Hall–Kier alpha value is -1.60. The molecule has 1 amide bonds. The number of hydrogen-bond acceptors (Lipinski definition) is 4. The van der Waals surface area contributed by atoms with E-state index < -0.39 is 16.1 Å². The monoisotopic (exact) mass is 312 g/mol. The highest BCUT2D eigenvalue weighted by molar-refractivity contribution is 7.89. The van der Waals surface area contributed by atoms with E-state index in [0.717, 1.165) is 0 Å². The molecule has 0 saturated carbocycles. The van der Waals surface area contributed by atoms with Crippen LogP contribution in [0, 0.1) is 0 Å². The molecule has 0 spiro atoms. The maximum absolute atomic E-state index is 12.1. The van der Waals surface area contributed by atoms with Gasteiger partial charge >= 0.3 is 6.09 Å². The molecule has 0 N–H and O–H groups in total. The van der Waals surface area contributed by atoms with Gasteiger partial charge in [0.05, 0.1) is 5.75 Å². The smallest absolute Gasteiger partial charge is 0.410 e. The van der Waals surface area contributed by atoms with E-state index in [0.29, 0.717) is 38.3 Å². The molecule has 0 aromatic heterocycles. The van der Waals surface area contributed by atoms with Gasteiger partial charge in [-0.2, -0.15) is 0 Å². The molecule has 0 radical (unpaired) electrons. The summed E-state index contributed by atoms with van der Waals surface area (Å²) in [5.74, 6) is 0.575. The third-order valence-corrected chi connectivity index (χ3v) is 5.30. The molecule has 0 bridgehead atoms. The third kappa shape index (κ3) is 4.18. The highest BCUT2D eigenvalue weighted by Gasteiger charge is 2.26. The number of carbonyl (C=O) groups is 1. The Balaban J connectivity index is 1.95. The van der Waals surface area contributed by atoms with Gasteiger partial charge in [0.15, 0.2) is 0 Å². The van der Waals surface area contributed by atoms with Crippen molar-refractivity contribution in [2.24, 2.45) is 0 Å². The summed E-state index contributed by atoms with van der Waals surface area (Å²) in [6, 6.07) is 8.85. The Morgan fingerprint density at radius 1 is 1.14 bits per heavy atom. The van der Waals surface area contributed by atoms with Crippen LogP contribution < -0.4 is 4.74 Å². The van der Waals surface area contributed by atoms with Crippen LogP contribution in [-0.4, -0.2) is 55.6 Å². The van der Waals surface area contributed by atoms with Crippen LogP contribution in [0.15, 0.2) is 30.3 Å². The van der Waals surface area contributed by atoms with Crippen LogP contribution in [0.5, 0.6) is 5.75 Å². The van der Waals surface area contributed by atoms with Crippen LogP contribution in [0.3, 0.4) is 0 Å². The Bertz CT molecular complexity index is 574. The van der Waals surface area contributed by atoms with Gasteiger partial charge in [0.1, 0.15) is 5.75 Å².